The third-order valence-electron chi connectivity index (χ3n) is 2.35. The van der Waals surface area contributed by atoms with Crippen LogP contribution >= 0.6 is 15.9 Å². The fourth-order valence-corrected chi connectivity index (χ4v) is 1.80. The normalized spacial score (nSPS) is 10.8. The summed E-state index contributed by atoms with van der Waals surface area (Å²) < 4.78 is 1.49. The molecule has 0 aliphatic heterocycles. The Morgan fingerprint density at radius 1 is 1.53 bits per heavy atom. The fraction of sp³-hybridized carbons (Fsp3) is 0.200. The Morgan fingerprint density at radius 3 is 2.93 bits per heavy atom. The van der Waals surface area contributed by atoms with Crippen LogP contribution in [0.3, 0.4) is 0 Å². The number of hydrogen-bond acceptors (Lipinski definition) is 2. The largest absolute Gasteiger partial charge is 0.326 e. The maximum absolute atomic E-state index is 11.4. The number of nitrogens with one attached hydrogen (secondary N) is 1. The van der Waals surface area contributed by atoms with Gasteiger partial charge in [-0.2, -0.15) is 0 Å². The molecule has 1 aromatic heterocycles. The zero-order chi connectivity index (χ0) is 11.0. The Labute approximate surface area is 94.0 Å². The Morgan fingerprint density at radius 2 is 2.27 bits per heavy atom. The molecule has 2 rings (SSSR count). The predicted octanol–water partition coefficient (Wildman–Crippen LogP) is 1.44. The molecule has 78 valence electrons. The zero-order valence-electron chi connectivity index (χ0n) is 8.08. The van der Waals surface area contributed by atoms with E-state index in [-0.39, 0.29) is 16.8 Å². The number of carbonyl (C=O) groups is 1. The number of H-pyrrole nitrogens is 1. The average Bonchev–Trinajstić information content (AvgIpc) is 2.54. The second-order valence-corrected chi connectivity index (χ2v) is 3.84. The van der Waals surface area contributed by atoms with Crippen molar-refractivity contribution in [1.82, 2.24) is 9.55 Å². The zero-order valence-corrected chi connectivity index (χ0v) is 9.67. The van der Waals surface area contributed by atoms with Crippen molar-refractivity contribution in [1.29, 1.82) is 0 Å². The Hall–Kier alpha value is -1.36. The van der Waals surface area contributed by atoms with E-state index in [1.54, 1.807) is 25.2 Å². The molecule has 1 N–H and O–H groups in total. The molecule has 1 heterocycles. The lowest BCUT2D eigenvalue weighted by Crippen LogP contribution is -2.11. The summed E-state index contributed by atoms with van der Waals surface area (Å²) >= 11 is 3.11. The number of imidazole rings is 1. The predicted molar refractivity (Wildman–Crippen MR) is 61.7 cm³/mol. The van der Waals surface area contributed by atoms with Crippen LogP contribution in [0.4, 0.5) is 0 Å². The molecule has 0 amide bonds. The third-order valence-corrected chi connectivity index (χ3v) is 2.86. The molecule has 0 fully saturated rings. The number of aromatic nitrogens is 2. The minimum atomic E-state index is -0.173. The molecule has 2 aromatic rings. The first-order valence-corrected chi connectivity index (χ1v) is 5.53. The van der Waals surface area contributed by atoms with Gasteiger partial charge in [-0.3, -0.25) is 9.36 Å². The first-order valence-electron chi connectivity index (χ1n) is 4.41. The smallest absolute Gasteiger partial charge is 0.306 e. The van der Waals surface area contributed by atoms with Crippen LogP contribution in [-0.2, 0) is 7.05 Å². The van der Waals surface area contributed by atoms with Gasteiger partial charge < -0.3 is 4.98 Å². The van der Waals surface area contributed by atoms with E-state index in [9.17, 15) is 9.59 Å². The number of ketones is 1. The number of Topliss-reactive ketones (excluding diaryl/α,β-unsaturated/α-hetero) is 1. The Kier molecular flexibility index (Phi) is 2.48. The van der Waals surface area contributed by atoms with Gasteiger partial charge in [0.1, 0.15) is 0 Å². The quantitative estimate of drug-likeness (QED) is 0.662. The van der Waals surface area contributed by atoms with Gasteiger partial charge in [-0.05, 0) is 18.2 Å². The molecule has 0 unspecified atom stereocenters. The second kappa shape index (κ2) is 3.66. The highest BCUT2D eigenvalue weighted by Crippen LogP contribution is 2.13. The molecule has 15 heavy (non-hydrogen) atoms. The van der Waals surface area contributed by atoms with Crippen LogP contribution in [0.5, 0.6) is 0 Å². The van der Waals surface area contributed by atoms with Crippen molar-refractivity contribution in [2.75, 3.05) is 5.33 Å². The van der Waals surface area contributed by atoms with Crippen LogP contribution in [-0.4, -0.2) is 20.7 Å². The van der Waals surface area contributed by atoms with Gasteiger partial charge in [0.25, 0.3) is 0 Å². The summed E-state index contributed by atoms with van der Waals surface area (Å²) in [6, 6.07) is 5.17. The van der Waals surface area contributed by atoms with Crippen molar-refractivity contribution < 1.29 is 4.79 Å². The van der Waals surface area contributed by atoms with Crippen molar-refractivity contribution >= 4 is 32.7 Å². The number of benzene rings is 1. The monoisotopic (exact) mass is 268 g/mol. The van der Waals surface area contributed by atoms with Gasteiger partial charge in [-0.15, -0.1) is 0 Å². The molecule has 0 radical (unpaired) electrons. The molecule has 0 saturated heterocycles. The maximum atomic E-state index is 11.4. The molecule has 1 aromatic carbocycles. The Balaban J connectivity index is 2.69. The fourth-order valence-electron chi connectivity index (χ4n) is 1.47. The molecule has 0 aliphatic rings. The van der Waals surface area contributed by atoms with Crippen LogP contribution in [0.15, 0.2) is 23.0 Å². The number of nitrogens with zero attached hydrogens (tertiary/aromatic N) is 1. The number of fused-ring (bicyclic) bond motifs is 1. The number of carbonyl (C=O) groups excluding carboxylic acids is 1. The van der Waals surface area contributed by atoms with Crippen LogP contribution in [0.25, 0.3) is 11.0 Å². The van der Waals surface area contributed by atoms with E-state index in [4.69, 9.17) is 0 Å². The van der Waals surface area contributed by atoms with Gasteiger partial charge in [0.05, 0.1) is 16.4 Å². The number of rotatable bonds is 2. The number of hydrogen-bond donors (Lipinski definition) is 1. The molecule has 0 saturated carbocycles. The molecule has 0 aliphatic carbocycles. The SMILES string of the molecule is Cn1c(=O)[nH]c2ccc(C(=O)CBr)cc21. The van der Waals surface area contributed by atoms with Gasteiger partial charge in [0.15, 0.2) is 5.78 Å². The summed E-state index contributed by atoms with van der Waals surface area (Å²) in [6.45, 7) is 0. The molecular weight excluding hydrogens is 260 g/mol. The maximum Gasteiger partial charge on any atom is 0.326 e. The number of aryl methyl sites for hydroxylation is 1. The van der Waals surface area contributed by atoms with Gasteiger partial charge in [-0.1, -0.05) is 15.9 Å². The number of alkyl halides is 1. The van der Waals surface area contributed by atoms with Gasteiger partial charge in [0.2, 0.25) is 0 Å². The van der Waals surface area contributed by atoms with Crippen molar-refractivity contribution in [3.63, 3.8) is 0 Å². The number of aromatic amines is 1. The molecule has 0 atom stereocenters. The lowest BCUT2D eigenvalue weighted by atomic mass is 10.1. The third kappa shape index (κ3) is 1.63. The van der Waals surface area contributed by atoms with Crippen molar-refractivity contribution in [2.45, 2.75) is 0 Å². The average molecular weight is 269 g/mol. The summed E-state index contributed by atoms with van der Waals surface area (Å²) in [5, 5.41) is 0.289. The summed E-state index contributed by atoms with van der Waals surface area (Å²) in [6.07, 6.45) is 0. The molecular formula is C10H9BrN2O2. The summed E-state index contributed by atoms with van der Waals surface area (Å²) in [5.74, 6) is 0.00514. The minimum absolute atomic E-state index is 0.00514. The second-order valence-electron chi connectivity index (χ2n) is 3.28. The molecule has 0 bridgehead atoms. The highest BCUT2D eigenvalue weighted by molar-refractivity contribution is 9.09. The first kappa shape index (κ1) is 10.2. The highest BCUT2D eigenvalue weighted by Gasteiger charge is 2.08. The van der Waals surface area contributed by atoms with E-state index in [1.165, 1.54) is 4.57 Å². The van der Waals surface area contributed by atoms with Gasteiger partial charge in [-0.25, -0.2) is 4.79 Å². The van der Waals surface area contributed by atoms with E-state index in [0.29, 0.717) is 5.56 Å². The van der Waals surface area contributed by atoms with E-state index >= 15 is 0 Å². The van der Waals surface area contributed by atoms with Gasteiger partial charge >= 0.3 is 5.69 Å². The summed E-state index contributed by atoms with van der Waals surface area (Å²) in [5.41, 5.74) is 1.92. The van der Waals surface area contributed by atoms with E-state index < -0.39 is 0 Å². The van der Waals surface area contributed by atoms with Crippen molar-refractivity contribution in [2.24, 2.45) is 7.05 Å². The van der Waals surface area contributed by atoms with E-state index in [0.717, 1.165) is 11.0 Å². The first-order chi connectivity index (χ1) is 7.13. The lowest BCUT2D eigenvalue weighted by Gasteiger charge is -1.98. The van der Waals surface area contributed by atoms with Crippen molar-refractivity contribution in [3.8, 4) is 0 Å². The highest BCUT2D eigenvalue weighted by atomic mass is 79.9. The lowest BCUT2D eigenvalue weighted by molar-refractivity contribution is 0.102. The minimum Gasteiger partial charge on any atom is -0.306 e. The van der Waals surface area contributed by atoms with Crippen LogP contribution in [0, 0.1) is 0 Å². The molecule has 0 spiro atoms. The molecule has 5 heteroatoms. The standard InChI is InChI=1S/C10H9BrN2O2/c1-13-8-4-6(9(14)5-11)2-3-7(8)12-10(13)15/h2-4H,5H2,1H3,(H,12,15). The van der Waals surface area contributed by atoms with Crippen LogP contribution in [0.2, 0.25) is 0 Å². The van der Waals surface area contributed by atoms with Crippen LogP contribution in [0.1, 0.15) is 10.4 Å². The summed E-state index contributed by atoms with van der Waals surface area (Å²) in [7, 11) is 1.67. The van der Waals surface area contributed by atoms with Crippen molar-refractivity contribution in [3.05, 3.63) is 34.2 Å². The van der Waals surface area contributed by atoms with Gasteiger partial charge in [0, 0.05) is 12.6 Å². The van der Waals surface area contributed by atoms with E-state index in [1.807, 2.05) is 0 Å². The summed E-state index contributed by atoms with van der Waals surface area (Å²) in [4.78, 5) is 25.4. The molecule has 4 nitrogen and oxygen atoms in total. The Bertz CT molecular complexity index is 583. The number of halogens is 1. The van der Waals surface area contributed by atoms with E-state index in [2.05, 4.69) is 20.9 Å². The van der Waals surface area contributed by atoms with Crippen LogP contribution < -0.4 is 5.69 Å². The topological polar surface area (TPSA) is 54.9 Å².